The summed E-state index contributed by atoms with van der Waals surface area (Å²) in [7, 11) is -2.28. The van der Waals surface area contributed by atoms with Gasteiger partial charge in [0.2, 0.25) is 10.0 Å². The van der Waals surface area contributed by atoms with Crippen LogP contribution >= 0.6 is 0 Å². The van der Waals surface area contributed by atoms with Crippen LogP contribution in [0.25, 0.3) is 0 Å². The molecule has 0 aliphatic heterocycles. The average Bonchev–Trinajstić information content (AvgIpc) is 2.74. The van der Waals surface area contributed by atoms with Crippen LogP contribution in [0.4, 0.5) is 0 Å². The molecule has 0 unspecified atom stereocenters. The average molecular weight is 410 g/mol. The normalized spacial score (nSPS) is 11.4. The summed E-state index contributed by atoms with van der Waals surface area (Å²) in [6, 6.07) is 25.5. The lowest BCUT2D eigenvalue weighted by molar-refractivity contribution is 0.0600. The third-order valence-electron chi connectivity index (χ3n) is 4.52. The molecular weight excluding hydrogens is 386 g/mol. The van der Waals surface area contributed by atoms with E-state index in [4.69, 9.17) is 0 Å². The van der Waals surface area contributed by atoms with Crippen molar-refractivity contribution in [2.24, 2.45) is 0 Å². The highest BCUT2D eigenvalue weighted by atomic mass is 32.2. The van der Waals surface area contributed by atoms with E-state index in [-0.39, 0.29) is 18.8 Å². The van der Waals surface area contributed by atoms with Crippen molar-refractivity contribution in [2.75, 3.05) is 7.11 Å². The monoisotopic (exact) mass is 409 g/mol. The lowest BCUT2D eigenvalue weighted by Crippen LogP contribution is -2.31. The predicted octanol–water partition coefficient (Wildman–Crippen LogP) is 4.01. The van der Waals surface area contributed by atoms with Crippen LogP contribution in [0, 0.1) is 0 Å². The molecule has 0 saturated carbocycles. The van der Waals surface area contributed by atoms with E-state index in [0.717, 1.165) is 11.1 Å². The Morgan fingerprint density at radius 2 is 1.24 bits per heavy atom. The second-order valence-electron chi connectivity index (χ2n) is 6.68. The van der Waals surface area contributed by atoms with Gasteiger partial charge >= 0.3 is 5.97 Å². The Morgan fingerprint density at radius 1 is 0.759 bits per heavy atom. The molecule has 0 aliphatic carbocycles. The minimum atomic E-state index is -3.59. The van der Waals surface area contributed by atoms with Crippen molar-refractivity contribution in [1.29, 1.82) is 0 Å². The summed E-state index contributed by atoms with van der Waals surface area (Å²) < 4.78 is 32.6. The molecule has 0 bridgehead atoms. The smallest absolute Gasteiger partial charge is 0.337 e. The van der Waals surface area contributed by atoms with Crippen molar-refractivity contribution in [3.63, 3.8) is 0 Å². The Balaban J connectivity index is 1.83. The van der Waals surface area contributed by atoms with Gasteiger partial charge in [0, 0.05) is 13.1 Å². The number of carbonyl (C=O) groups excluding carboxylic acids is 1. The lowest BCUT2D eigenvalue weighted by atomic mass is 10.1. The van der Waals surface area contributed by atoms with Gasteiger partial charge in [0.15, 0.2) is 0 Å². The van der Waals surface area contributed by atoms with Crippen LogP contribution in [0.2, 0.25) is 0 Å². The Morgan fingerprint density at radius 3 is 1.69 bits per heavy atom. The first-order valence-electron chi connectivity index (χ1n) is 9.21. The van der Waals surface area contributed by atoms with Gasteiger partial charge in [-0.25, -0.2) is 13.2 Å². The van der Waals surface area contributed by atoms with E-state index in [9.17, 15) is 13.2 Å². The minimum Gasteiger partial charge on any atom is -0.465 e. The van der Waals surface area contributed by atoms with E-state index in [1.807, 2.05) is 60.7 Å². The first-order chi connectivity index (χ1) is 14.0. The molecule has 0 aromatic heterocycles. The van der Waals surface area contributed by atoms with Gasteiger partial charge in [-0.15, -0.1) is 0 Å². The molecule has 0 spiro atoms. The highest BCUT2D eigenvalue weighted by Crippen LogP contribution is 2.19. The summed E-state index contributed by atoms with van der Waals surface area (Å²) in [5, 5.41) is 0. The van der Waals surface area contributed by atoms with Gasteiger partial charge in [0.25, 0.3) is 0 Å². The second-order valence-corrected chi connectivity index (χ2v) is 8.65. The van der Waals surface area contributed by atoms with Crippen LogP contribution < -0.4 is 0 Å². The Labute approximate surface area is 171 Å². The first kappa shape index (κ1) is 20.8. The predicted molar refractivity (Wildman–Crippen MR) is 113 cm³/mol. The molecule has 6 heteroatoms. The van der Waals surface area contributed by atoms with Gasteiger partial charge in [0.1, 0.15) is 0 Å². The van der Waals surface area contributed by atoms with Crippen molar-refractivity contribution < 1.29 is 17.9 Å². The molecule has 3 aromatic rings. The lowest BCUT2D eigenvalue weighted by Gasteiger charge is -2.23. The maximum atomic E-state index is 13.2. The zero-order chi connectivity index (χ0) is 20.7. The summed E-state index contributed by atoms with van der Waals surface area (Å²) in [6.45, 7) is 0.580. The maximum Gasteiger partial charge on any atom is 0.337 e. The van der Waals surface area contributed by atoms with Crippen LogP contribution in [-0.4, -0.2) is 25.8 Å². The minimum absolute atomic E-state index is 0.145. The third-order valence-corrected chi connectivity index (χ3v) is 6.26. The molecule has 150 valence electrons. The molecule has 0 N–H and O–H groups in total. The number of hydrogen-bond acceptors (Lipinski definition) is 4. The standard InChI is InChI=1S/C23H23NO4S/c1-28-23(25)22-14-12-21(13-15-22)18-29(26,27)24(16-19-8-4-2-5-9-19)17-20-10-6-3-7-11-20/h2-15H,16-18H2,1H3. The Bertz CT molecular complexity index is 992. The summed E-state index contributed by atoms with van der Waals surface area (Å²) in [5.74, 6) is -0.595. The number of carbonyl (C=O) groups is 1. The molecule has 3 aromatic carbocycles. The molecule has 0 amide bonds. The van der Waals surface area contributed by atoms with Gasteiger partial charge in [-0.05, 0) is 28.8 Å². The van der Waals surface area contributed by atoms with E-state index < -0.39 is 16.0 Å². The molecule has 0 aliphatic rings. The van der Waals surface area contributed by atoms with Crippen molar-refractivity contribution in [3.05, 3.63) is 107 Å². The number of rotatable bonds is 8. The zero-order valence-electron chi connectivity index (χ0n) is 16.2. The van der Waals surface area contributed by atoms with Crippen molar-refractivity contribution in [1.82, 2.24) is 4.31 Å². The number of sulfonamides is 1. The number of hydrogen-bond donors (Lipinski definition) is 0. The number of esters is 1. The zero-order valence-corrected chi connectivity index (χ0v) is 17.0. The Hall–Kier alpha value is -2.96. The number of ether oxygens (including phenoxy) is 1. The van der Waals surface area contributed by atoms with Crippen molar-refractivity contribution >= 4 is 16.0 Å². The van der Waals surface area contributed by atoms with Gasteiger partial charge in [-0.1, -0.05) is 72.8 Å². The maximum absolute atomic E-state index is 13.2. The van der Waals surface area contributed by atoms with Crippen LogP contribution in [0.3, 0.4) is 0 Å². The Kier molecular flexibility index (Phi) is 6.80. The fourth-order valence-electron chi connectivity index (χ4n) is 2.98. The number of benzene rings is 3. The number of nitrogens with zero attached hydrogens (tertiary/aromatic N) is 1. The highest BCUT2D eigenvalue weighted by Gasteiger charge is 2.23. The van der Waals surface area contributed by atoms with Gasteiger partial charge in [-0.3, -0.25) is 0 Å². The summed E-state index contributed by atoms with van der Waals surface area (Å²) >= 11 is 0. The third kappa shape index (κ3) is 5.76. The molecule has 3 rings (SSSR count). The van der Waals surface area contributed by atoms with Crippen LogP contribution in [0.1, 0.15) is 27.0 Å². The molecule has 0 saturated heterocycles. The van der Waals surface area contributed by atoms with E-state index in [1.165, 1.54) is 11.4 Å². The molecule has 0 fully saturated rings. The van der Waals surface area contributed by atoms with Crippen LogP contribution in [-0.2, 0) is 33.6 Å². The second kappa shape index (κ2) is 9.49. The molecule has 5 nitrogen and oxygen atoms in total. The summed E-state index contributed by atoms with van der Waals surface area (Å²) in [6.07, 6.45) is 0. The molecule has 0 heterocycles. The largest absolute Gasteiger partial charge is 0.465 e. The van der Waals surface area contributed by atoms with Crippen LogP contribution in [0.15, 0.2) is 84.9 Å². The quantitative estimate of drug-likeness (QED) is 0.528. The van der Waals surface area contributed by atoms with E-state index in [0.29, 0.717) is 11.1 Å². The first-order valence-corrected chi connectivity index (χ1v) is 10.8. The molecular formula is C23H23NO4S. The summed E-state index contributed by atoms with van der Waals surface area (Å²) in [5.41, 5.74) is 2.85. The fourth-order valence-corrected chi connectivity index (χ4v) is 4.47. The SMILES string of the molecule is COC(=O)c1ccc(CS(=O)(=O)N(Cc2ccccc2)Cc2ccccc2)cc1. The topological polar surface area (TPSA) is 63.7 Å². The van der Waals surface area contributed by atoms with Gasteiger partial charge in [-0.2, -0.15) is 4.31 Å². The highest BCUT2D eigenvalue weighted by molar-refractivity contribution is 7.88. The van der Waals surface area contributed by atoms with Gasteiger partial charge in [0.05, 0.1) is 18.4 Å². The van der Waals surface area contributed by atoms with Crippen LogP contribution in [0.5, 0.6) is 0 Å². The molecule has 0 atom stereocenters. The van der Waals surface area contributed by atoms with Gasteiger partial charge < -0.3 is 4.74 Å². The van der Waals surface area contributed by atoms with E-state index in [1.54, 1.807) is 24.3 Å². The molecule has 29 heavy (non-hydrogen) atoms. The van der Waals surface area contributed by atoms with Crippen molar-refractivity contribution in [2.45, 2.75) is 18.8 Å². The number of methoxy groups -OCH3 is 1. The van der Waals surface area contributed by atoms with Crippen molar-refractivity contribution in [3.8, 4) is 0 Å². The fraction of sp³-hybridized carbons (Fsp3) is 0.174. The van der Waals surface area contributed by atoms with E-state index in [2.05, 4.69) is 4.74 Å². The summed E-state index contributed by atoms with van der Waals surface area (Å²) in [4.78, 5) is 11.6. The van der Waals surface area contributed by atoms with E-state index >= 15 is 0 Å². The molecule has 0 radical (unpaired) electrons.